The van der Waals surface area contributed by atoms with Crippen molar-refractivity contribution in [3.8, 4) is 11.3 Å². The number of para-hydroxylation sites is 1. The third-order valence-electron chi connectivity index (χ3n) is 3.90. The predicted molar refractivity (Wildman–Crippen MR) is 86.2 cm³/mol. The van der Waals surface area contributed by atoms with E-state index in [1.807, 2.05) is 11.8 Å². The molecule has 0 aliphatic carbocycles. The maximum absolute atomic E-state index is 4.98. The van der Waals surface area contributed by atoms with E-state index in [-0.39, 0.29) is 0 Å². The van der Waals surface area contributed by atoms with Crippen LogP contribution in [0.15, 0.2) is 47.4 Å². The maximum atomic E-state index is 4.98. The predicted octanol–water partition coefficient (Wildman–Crippen LogP) is 5.12. The molecule has 1 aliphatic rings. The topological polar surface area (TPSA) is 12.9 Å². The molecule has 0 atom stereocenters. The fraction of sp³-hybridized carbons (Fsp3) is 0.167. The second kappa shape index (κ2) is 4.35. The van der Waals surface area contributed by atoms with Gasteiger partial charge in [-0.2, -0.15) is 0 Å². The van der Waals surface area contributed by atoms with Crippen LogP contribution in [0, 0.1) is 13.8 Å². The summed E-state index contributed by atoms with van der Waals surface area (Å²) in [5.41, 5.74) is 7.49. The SMILES string of the molecule is Cc1ccc2c(c1)-c1nc3c(C)cccc3cc1CS2. The molecule has 0 saturated carbocycles. The summed E-state index contributed by atoms with van der Waals surface area (Å²) in [5.74, 6) is 1.02. The van der Waals surface area contributed by atoms with Crippen LogP contribution in [-0.4, -0.2) is 4.98 Å². The molecule has 0 bridgehead atoms. The van der Waals surface area contributed by atoms with Crippen molar-refractivity contribution in [2.75, 3.05) is 0 Å². The molecule has 1 aliphatic heterocycles. The van der Waals surface area contributed by atoms with Gasteiger partial charge < -0.3 is 0 Å². The minimum atomic E-state index is 1.02. The molecule has 0 amide bonds. The second-order valence-electron chi connectivity index (χ2n) is 5.43. The first kappa shape index (κ1) is 12.0. The van der Waals surface area contributed by atoms with Crippen molar-refractivity contribution in [3.63, 3.8) is 0 Å². The van der Waals surface area contributed by atoms with Gasteiger partial charge in [0, 0.05) is 21.6 Å². The first-order valence-electron chi connectivity index (χ1n) is 6.85. The van der Waals surface area contributed by atoms with Crippen molar-refractivity contribution in [3.05, 3.63) is 59.2 Å². The Kier molecular flexibility index (Phi) is 2.61. The Hall–Kier alpha value is -1.80. The zero-order valence-corrected chi connectivity index (χ0v) is 12.4. The number of aromatic nitrogens is 1. The number of aryl methyl sites for hydroxylation is 2. The van der Waals surface area contributed by atoms with E-state index in [0.29, 0.717) is 0 Å². The van der Waals surface area contributed by atoms with Gasteiger partial charge in [0.2, 0.25) is 0 Å². The van der Waals surface area contributed by atoms with E-state index in [1.54, 1.807) is 0 Å². The van der Waals surface area contributed by atoms with Gasteiger partial charge in [-0.05, 0) is 43.2 Å². The molecule has 1 nitrogen and oxygen atoms in total. The van der Waals surface area contributed by atoms with Crippen molar-refractivity contribution >= 4 is 22.7 Å². The summed E-state index contributed by atoms with van der Waals surface area (Å²) in [4.78, 5) is 6.33. The van der Waals surface area contributed by atoms with Crippen LogP contribution in [0.3, 0.4) is 0 Å². The Morgan fingerprint density at radius 1 is 1.05 bits per heavy atom. The molecule has 0 N–H and O–H groups in total. The number of nitrogens with zero attached hydrogens (tertiary/aromatic N) is 1. The highest BCUT2D eigenvalue weighted by Gasteiger charge is 2.19. The third kappa shape index (κ3) is 1.75. The van der Waals surface area contributed by atoms with Gasteiger partial charge in [0.05, 0.1) is 11.2 Å². The number of thioether (sulfide) groups is 1. The van der Waals surface area contributed by atoms with Crippen LogP contribution < -0.4 is 0 Å². The molecule has 2 aromatic carbocycles. The van der Waals surface area contributed by atoms with E-state index in [1.165, 1.54) is 38.2 Å². The van der Waals surface area contributed by atoms with Crippen LogP contribution in [0.25, 0.3) is 22.2 Å². The summed E-state index contributed by atoms with van der Waals surface area (Å²) >= 11 is 1.91. The van der Waals surface area contributed by atoms with Gasteiger partial charge >= 0.3 is 0 Å². The van der Waals surface area contributed by atoms with E-state index >= 15 is 0 Å². The number of hydrogen-bond acceptors (Lipinski definition) is 2. The van der Waals surface area contributed by atoms with E-state index in [0.717, 1.165) is 11.3 Å². The monoisotopic (exact) mass is 277 g/mol. The van der Waals surface area contributed by atoms with E-state index in [4.69, 9.17) is 4.98 Å². The highest BCUT2D eigenvalue weighted by molar-refractivity contribution is 7.98. The summed E-state index contributed by atoms with van der Waals surface area (Å²) in [6.45, 7) is 4.28. The van der Waals surface area contributed by atoms with Gasteiger partial charge in [-0.1, -0.05) is 29.8 Å². The third-order valence-corrected chi connectivity index (χ3v) is 5.02. The van der Waals surface area contributed by atoms with Gasteiger partial charge in [-0.25, -0.2) is 4.98 Å². The first-order chi connectivity index (χ1) is 9.72. The maximum Gasteiger partial charge on any atom is 0.0761 e. The van der Waals surface area contributed by atoms with Crippen molar-refractivity contribution in [1.82, 2.24) is 4.98 Å². The minimum absolute atomic E-state index is 1.02. The molecule has 0 unspecified atom stereocenters. The second-order valence-corrected chi connectivity index (χ2v) is 6.45. The van der Waals surface area contributed by atoms with Crippen molar-refractivity contribution < 1.29 is 0 Å². The van der Waals surface area contributed by atoms with Gasteiger partial charge in [0.1, 0.15) is 0 Å². The van der Waals surface area contributed by atoms with Gasteiger partial charge in [0.25, 0.3) is 0 Å². The lowest BCUT2D eigenvalue weighted by atomic mass is 10.0. The molecule has 0 fully saturated rings. The standard InChI is InChI=1S/C18H15NS/c1-11-6-7-16-15(8-11)18-14(10-20-16)9-13-5-3-4-12(2)17(13)19-18/h3-9H,10H2,1-2H3. The molecule has 3 aromatic rings. The van der Waals surface area contributed by atoms with Gasteiger partial charge in [-0.3, -0.25) is 0 Å². The minimum Gasteiger partial charge on any atom is -0.247 e. The summed E-state index contributed by atoms with van der Waals surface area (Å²) in [6.07, 6.45) is 0. The number of pyridine rings is 1. The number of rotatable bonds is 0. The molecular weight excluding hydrogens is 262 g/mol. The lowest BCUT2D eigenvalue weighted by Crippen LogP contribution is -2.00. The largest absolute Gasteiger partial charge is 0.247 e. The lowest BCUT2D eigenvalue weighted by Gasteiger charge is -2.20. The van der Waals surface area contributed by atoms with Crippen LogP contribution in [0.4, 0.5) is 0 Å². The highest BCUT2D eigenvalue weighted by atomic mass is 32.2. The fourth-order valence-corrected chi connectivity index (χ4v) is 3.85. The summed E-state index contributed by atoms with van der Waals surface area (Å²) in [6, 6.07) is 15.4. The molecule has 0 spiro atoms. The molecule has 20 heavy (non-hydrogen) atoms. The Morgan fingerprint density at radius 3 is 2.85 bits per heavy atom. The zero-order chi connectivity index (χ0) is 13.7. The van der Waals surface area contributed by atoms with Gasteiger partial charge in [0.15, 0.2) is 0 Å². The number of benzene rings is 2. The first-order valence-corrected chi connectivity index (χ1v) is 7.84. The van der Waals surface area contributed by atoms with Crippen LogP contribution in [-0.2, 0) is 5.75 Å². The summed E-state index contributed by atoms with van der Waals surface area (Å²) in [5, 5.41) is 1.25. The molecule has 1 aromatic heterocycles. The molecular formula is C18H15NS. The van der Waals surface area contributed by atoms with Crippen LogP contribution in [0.5, 0.6) is 0 Å². The van der Waals surface area contributed by atoms with E-state index in [9.17, 15) is 0 Å². The molecule has 0 saturated heterocycles. The molecule has 2 heteroatoms. The normalized spacial score (nSPS) is 13.1. The van der Waals surface area contributed by atoms with Crippen LogP contribution >= 0.6 is 11.8 Å². The van der Waals surface area contributed by atoms with E-state index < -0.39 is 0 Å². The van der Waals surface area contributed by atoms with Crippen LogP contribution in [0.1, 0.15) is 16.7 Å². The van der Waals surface area contributed by atoms with Crippen molar-refractivity contribution in [2.45, 2.75) is 24.5 Å². The summed E-state index contributed by atoms with van der Waals surface area (Å²) < 4.78 is 0. The van der Waals surface area contributed by atoms with Crippen LogP contribution in [0.2, 0.25) is 0 Å². The summed E-state index contributed by atoms with van der Waals surface area (Å²) in [7, 11) is 0. The fourth-order valence-electron chi connectivity index (χ4n) is 2.84. The van der Waals surface area contributed by atoms with Gasteiger partial charge in [-0.15, -0.1) is 11.8 Å². The van der Waals surface area contributed by atoms with E-state index in [2.05, 4.69) is 56.3 Å². The Labute approximate surface area is 123 Å². The van der Waals surface area contributed by atoms with Crippen molar-refractivity contribution in [1.29, 1.82) is 0 Å². The van der Waals surface area contributed by atoms with Crippen molar-refractivity contribution in [2.24, 2.45) is 0 Å². The highest BCUT2D eigenvalue weighted by Crippen LogP contribution is 2.41. The Bertz CT molecular complexity index is 836. The zero-order valence-electron chi connectivity index (χ0n) is 11.6. The molecule has 4 rings (SSSR count). The smallest absolute Gasteiger partial charge is 0.0761 e. The average Bonchev–Trinajstić information content (AvgIpc) is 2.46. The number of hydrogen-bond donors (Lipinski definition) is 0. The average molecular weight is 277 g/mol. The Balaban J connectivity index is 2.06. The molecule has 0 radical (unpaired) electrons. The lowest BCUT2D eigenvalue weighted by molar-refractivity contribution is 1.23. The molecule has 2 heterocycles. The quantitative estimate of drug-likeness (QED) is 0.565. The number of fused-ring (bicyclic) bond motifs is 4. The Morgan fingerprint density at radius 2 is 1.95 bits per heavy atom. The molecule has 98 valence electrons.